The molecule has 3 unspecified atom stereocenters. The van der Waals surface area contributed by atoms with Crippen LogP contribution in [0.4, 0.5) is 0 Å². The predicted octanol–water partition coefficient (Wildman–Crippen LogP) is 1.44. The van der Waals surface area contributed by atoms with E-state index in [1.165, 1.54) is 0 Å². The molecular weight excluding hydrogens is 224 g/mol. The second kappa shape index (κ2) is 4.16. The highest BCUT2D eigenvalue weighted by molar-refractivity contribution is 7.99. The maximum atomic E-state index is 10.6. The van der Waals surface area contributed by atoms with Crippen molar-refractivity contribution in [3.8, 4) is 0 Å². The summed E-state index contributed by atoms with van der Waals surface area (Å²) in [5.41, 5.74) is -0.490. The summed E-state index contributed by atoms with van der Waals surface area (Å²) in [5.74, 6) is 2.43. The average molecular weight is 244 g/mol. The molecule has 3 saturated heterocycles. The van der Waals surface area contributed by atoms with Gasteiger partial charge < -0.3 is 14.6 Å². The van der Waals surface area contributed by atoms with Gasteiger partial charge in [-0.3, -0.25) is 0 Å². The van der Waals surface area contributed by atoms with Crippen molar-refractivity contribution < 1.29 is 14.6 Å². The fourth-order valence-corrected chi connectivity index (χ4v) is 4.62. The number of thioether (sulfide) groups is 1. The van der Waals surface area contributed by atoms with Gasteiger partial charge in [0, 0.05) is 25.4 Å². The summed E-state index contributed by atoms with van der Waals surface area (Å²) in [6, 6.07) is 0. The first kappa shape index (κ1) is 11.3. The molecule has 1 N–H and O–H groups in total. The molecule has 0 amide bonds. The molecule has 0 saturated carbocycles. The highest BCUT2D eigenvalue weighted by atomic mass is 32.2. The van der Waals surface area contributed by atoms with Crippen LogP contribution in [0.25, 0.3) is 0 Å². The third-order valence-corrected chi connectivity index (χ3v) is 5.55. The highest BCUT2D eigenvalue weighted by Crippen LogP contribution is 2.44. The van der Waals surface area contributed by atoms with Crippen molar-refractivity contribution in [3.05, 3.63) is 0 Å². The van der Waals surface area contributed by atoms with Crippen LogP contribution < -0.4 is 0 Å². The van der Waals surface area contributed by atoms with Crippen LogP contribution in [-0.2, 0) is 9.47 Å². The Morgan fingerprint density at radius 1 is 1.25 bits per heavy atom. The van der Waals surface area contributed by atoms with E-state index in [-0.39, 0.29) is 5.60 Å². The Morgan fingerprint density at radius 3 is 2.88 bits per heavy atom. The molecule has 1 spiro atoms. The monoisotopic (exact) mass is 244 g/mol. The van der Waals surface area contributed by atoms with Gasteiger partial charge in [0.2, 0.25) is 0 Å². The number of aliphatic hydroxyl groups is 1. The van der Waals surface area contributed by atoms with E-state index < -0.39 is 5.60 Å². The average Bonchev–Trinajstić information content (AvgIpc) is 2.90. The Kier molecular flexibility index (Phi) is 2.94. The van der Waals surface area contributed by atoms with E-state index in [2.05, 4.69) is 0 Å². The van der Waals surface area contributed by atoms with E-state index >= 15 is 0 Å². The van der Waals surface area contributed by atoms with Crippen LogP contribution in [0.3, 0.4) is 0 Å². The summed E-state index contributed by atoms with van der Waals surface area (Å²) in [5, 5.41) is 10.6. The van der Waals surface area contributed by atoms with Crippen molar-refractivity contribution in [2.24, 2.45) is 5.92 Å². The minimum absolute atomic E-state index is 0.0636. The number of ether oxygens (including phenoxy) is 2. The molecule has 0 aromatic carbocycles. The number of rotatable bonds is 1. The zero-order chi connectivity index (χ0) is 11.1. The predicted molar refractivity (Wildman–Crippen MR) is 63.7 cm³/mol. The Labute approximate surface area is 101 Å². The second-order valence-electron chi connectivity index (χ2n) is 5.43. The van der Waals surface area contributed by atoms with Gasteiger partial charge in [-0.2, -0.15) is 11.8 Å². The molecule has 16 heavy (non-hydrogen) atoms. The molecular formula is C12H20O3S. The number of hydrogen-bond acceptors (Lipinski definition) is 4. The molecule has 3 atom stereocenters. The smallest absolute Gasteiger partial charge is 0.0940 e. The molecule has 3 fully saturated rings. The summed E-state index contributed by atoms with van der Waals surface area (Å²) in [4.78, 5) is 0. The molecule has 3 nitrogen and oxygen atoms in total. The van der Waals surface area contributed by atoms with Gasteiger partial charge in [-0.25, -0.2) is 0 Å². The molecule has 0 aliphatic carbocycles. The lowest BCUT2D eigenvalue weighted by Crippen LogP contribution is -2.49. The van der Waals surface area contributed by atoms with E-state index in [0.717, 1.165) is 57.0 Å². The Balaban J connectivity index is 1.72. The van der Waals surface area contributed by atoms with Gasteiger partial charge in [-0.05, 0) is 30.9 Å². The zero-order valence-electron chi connectivity index (χ0n) is 9.61. The maximum Gasteiger partial charge on any atom is 0.0940 e. The van der Waals surface area contributed by atoms with Gasteiger partial charge in [-0.1, -0.05) is 0 Å². The molecule has 3 rings (SSSR count). The second-order valence-corrected chi connectivity index (χ2v) is 6.54. The van der Waals surface area contributed by atoms with Crippen molar-refractivity contribution in [3.63, 3.8) is 0 Å². The van der Waals surface area contributed by atoms with E-state index in [1.54, 1.807) is 0 Å². The Hall–Kier alpha value is 0.230. The zero-order valence-corrected chi connectivity index (χ0v) is 10.4. The molecule has 92 valence electrons. The standard InChI is InChI=1S/C12H20O3S/c13-12(3-6-16-9-12)10-1-4-15-11(7-10)2-5-14-8-11/h10,13H,1-9H2. The van der Waals surface area contributed by atoms with Crippen LogP contribution in [0.1, 0.15) is 25.7 Å². The Bertz CT molecular complexity index is 247. The van der Waals surface area contributed by atoms with Crippen molar-refractivity contribution in [2.45, 2.75) is 36.9 Å². The van der Waals surface area contributed by atoms with Crippen molar-refractivity contribution >= 4 is 11.8 Å². The van der Waals surface area contributed by atoms with Crippen LogP contribution in [0.15, 0.2) is 0 Å². The van der Waals surface area contributed by atoms with Crippen molar-refractivity contribution in [1.29, 1.82) is 0 Å². The molecule has 0 aromatic rings. The van der Waals surface area contributed by atoms with E-state index in [1.807, 2.05) is 11.8 Å². The summed E-state index contributed by atoms with van der Waals surface area (Å²) in [6.07, 6.45) is 3.97. The number of hydrogen-bond donors (Lipinski definition) is 1. The minimum Gasteiger partial charge on any atom is -0.389 e. The maximum absolute atomic E-state index is 10.6. The summed E-state index contributed by atoms with van der Waals surface area (Å²) >= 11 is 1.88. The summed E-state index contributed by atoms with van der Waals surface area (Å²) in [7, 11) is 0. The molecule has 3 aliphatic rings. The van der Waals surface area contributed by atoms with Crippen LogP contribution in [0.2, 0.25) is 0 Å². The molecule has 0 radical (unpaired) electrons. The summed E-state index contributed by atoms with van der Waals surface area (Å²) < 4.78 is 11.4. The molecule has 0 bridgehead atoms. The minimum atomic E-state index is -0.427. The third-order valence-electron chi connectivity index (χ3n) is 4.35. The van der Waals surface area contributed by atoms with Crippen LogP contribution in [0.5, 0.6) is 0 Å². The SMILES string of the molecule is OC1(C2CCOC3(CCOC3)C2)CCSC1. The fraction of sp³-hybridized carbons (Fsp3) is 1.00. The largest absolute Gasteiger partial charge is 0.389 e. The summed E-state index contributed by atoms with van der Waals surface area (Å²) in [6.45, 7) is 2.34. The van der Waals surface area contributed by atoms with Gasteiger partial charge in [0.25, 0.3) is 0 Å². The van der Waals surface area contributed by atoms with Crippen LogP contribution >= 0.6 is 11.8 Å². The van der Waals surface area contributed by atoms with Gasteiger partial charge in [0.1, 0.15) is 0 Å². The first-order valence-corrected chi connectivity index (χ1v) is 7.40. The molecule has 3 heterocycles. The molecule has 4 heteroatoms. The van der Waals surface area contributed by atoms with Crippen molar-refractivity contribution in [2.75, 3.05) is 31.3 Å². The van der Waals surface area contributed by atoms with Gasteiger partial charge in [-0.15, -0.1) is 0 Å². The topological polar surface area (TPSA) is 38.7 Å². The Morgan fingerprint density at radius 2 is 2.19 bits per heavy atom. The van der Waals surface area contributed by atoms with E-state index in [9.17, 15) is 5.11 Å². The first-order valence-electron chi connectivity index (χ1n) is 6.24. The lowest BCUT2D eigenvalue weighted by molar-refractivity contribution is -0.136. The highest BCUT2D eigenvalue weighted by Gasteiger charge is 2.48. The van der Waals surface area contributed by atoms with Gasteiger partial charge in [0.15, 0.2) is 0 Å². The van der Waals surface area contributed by atoms with Crippen LogP contribution in [0, 0.1) is 5.92 Å². The van der Waals surface area contributed by atoms with Crippen molar-refractivity contribution in [1.82, 2.24) is 0 Å². The lowest BCUT2D eigenvalue weighted by atomic mass is 9.75. The van der Waals surface area contributed by atoms with Crippen LogP contribution in [-0.4, -0.2) is 47.6 Å². The van der Waals surface area contributed by atoms with Gasteiger partial charge in [0.05, 0.1) is 17.8 Å². The third kappa shape index (κ3) is 1.90. The normalized spacial score (nSPS) is 48.9. The van der Waals surface area contributed by atoms with Gasteiger partial charge >= 0.3 is 0 Å². The lowest BCUT2D eigenvalue weighted by Gasteiger charge is -2.42. The first-order chi connectivity index (χ1) is 7.73. The van der Waals surface area contributed by atoms with E-state index in [0.29, 0.717) is 5.92 Å². The molecule has 0 aromatic heterocycles. The fourth-order valence-electron chi connectivity index (χ4n) is 3.24. The molecule has 3 aliphatic heterocycles. The van der Waals surface area contributed by atoms with E-state index in [4.69, 9.17) is 9.47 Å². The quantitative estimate of drug-likeness (QED) is 0.757.